The van der Waals surface area contributed by atoms with Crippen molar-refractivity contribution < 1.29 is 19.2 Å². The highest BCUT2D eigenvalue weighted by Gasteiger charge is 2.21. The molecule has 5 rings (SSSR count). The number of hydrogen-bond acceptors (Lipinski definition) is 10. The smallest absolute Gasteiger partial charge is 0.239 e. The molecule has 0 spiro atoms. The molecule has 4 amide bonds. The molecule has 1 aliphatic heterocycles. The van der Waals surface area contributed by atoms with Crippen LogP contribution < -0.4 is 31.7 Å². The van der Waals surface area contributed by atoms with E-state index < -0.39 is 6.04 Å². The second-order valence-corrected chi connectivity index (χ2v) is 14.4. The van der Waals surface area contributed by atoms with Crippen molar-refractivity contribution in [2.45, 2.75) is 38.1 Å². The summed E-state index contributed by atoms with van der Waals surface area (Å²) in [6, 6.07) is 31.8. The molecular formula is C43H55N9O4S. The van der Waals surface area contributed by atoms with Gasteiger partial charge in [-0.15, -0.1) is 0 Å². The summed E-state index contributed by atoms with van der Waals surface area (Å²) in [5.41, 5.74) is 10.8. The fourth-order valence-electron chi connectivity index (χ4n) is 6.02. The van der Waals surface area contributed by atoms with Gasteiger partial charge in [0.2, 0.25) is 23.6 Å². The molecule has 1 fully saturated rings. The van der Waals surface area contributed by atoms with Crippen molar-refractivity contribution in [3.8, 4) is 0 Å². The Hall–Kier alpha value is -5.38. The molecule has 0 bridgehead atoms. The summed E-state index contributed by atoms with van der Waals surface area (Å²) in [7, 11) is 1.50. The van der Waals surface area contributed by atoms with Crippen molar-refractivity contribution in [2.24, 2.45) is 5.73 Å². The van der Waals surface area contributed by atoms with E-state index in [2.05, 4.69) is 41.5 Å². The first-order chi connectivity index (χ1) is 27.7. The number of benzene rings is 4. The van der Waals surface area contributed by atoms with E-state index in [1.165, 1.54) is 25.2 Å². The van der Waals surface area contributed by atoms with Gasteiger partial charge in [-0.1, -0.05) is 96.4 Å². The predicted octanol–water partition coefficient (Wildman–Crippen LogP) is 3.93. The van der Waals surface area contributed by atoms with Crippen LogP contribution in [0.2, 0.25) is 0 Å². The van der Waals surface area contributed by atoms with Crippen molar-refractivity contribution in [1.29, 1.82) is 5.41 Å². The Labute approximate surface area is 340 Å². The Morgan fingerprint density at radius 2 is 1.26 bits per heavy atom. The van der Waals surface area contributed by atoms with Gasteiger partial charge in [-0.05, 0) is 86.4 Å². The van der Waals surface area contributed by atoms with Crippen molar-refractivity contribution in [1.82, 2.24) is 25.2 Å². The van der Waals surface area contributed by atoms with Crippen LogP contribution in [0.15, 0.2) is 103 Å². The van der Waals surface area contributed by atoms with Crippen LogP contribution in [-0.2, 0) is 37.9 Å². The Morgan fingerprint density at radius 1 is 0.702 bits per heavy atom. The van der Waals surface area contributed by atoms with Gasteiger partial charge in [0.25, 0.3) is 0 Å². The standard InChI is InChI=1S/C42H50N8O4S.CH5N/c1-31-8-16-36(17-9-31)46-40(52)28-49-20-5-21-50(23-22-49)29-41(53)47-37-18-14-32(15-19-37)24-38(48-55-30-35-6-3-2-4-7-35)42(54)45-27-39(51)44-26-34-12-10-33(25-43)11-13-34;1-2/h2-4,6-19,25,38,43,48H,5,20-24,26-30H2,1H3,(H,44,51)(H,45,54)(H,46,52)(H,47,53);2H2,1H3/t38-;/m1./s1. The number of rotatable bonds is 18. The molecule has 1 aliphatic rings. The first-order valence-corrected chi connectivity index (χ1v) is 20.0. The molecule has 4 aromatic carbocycles. The SMILES string of the molecule is CN.Cc1ccc(NC(=O)CN2CCCN(CC(=O)Nc3ccc(C[C@@H](NSCc4ccccc4)C(=O)NCC(=O)NCc4ccc(C=N)cc4)cc3)CC2)cc1. The number of carbonyl (C=O) groups is 4. The Balaban J connectivity index is 0.00000354. The summed E-state index contributed by atoms with van der Waals surface area (Å²) < 4.78 is 3.29. The molecule has 1 atom stereocenters. The molecule has 0 aromatic heterocycles. The lowest BCUT2D eigenvalue weighted by atomic mass is 10.1. The van der Waals surface area contributed by atoms with Crippen molar-refractivity contribution in [3.63, 3.8) is 0 Å². The van der Waals surface area contributed by atoms with Gasteiger partial charge in [-0.3, -0.25) is 33.7 Å². The normalized spacial score (nSPS) is 13.5. The van der Waals surface area contributed by atoms with Gasteiger partial charge in [-0.2, -0.15) is 0 Å². The maximum atomic E-state index is 13.3. The highest BCUT2D eigenvalue weighted by Crippen LogP contribution is 2.15. The summed E-state index contributed by atoms with van der Waals surface area (Å²) in [5, 5.41) is 18.9. The largest absolute Gasteiger partial charge is 0.350 e. The quantitative estimate of drug-likeness (QED) is 0.0580. The van der Waals surface area contributed by atoms with Crippen LogP contribution in [0.4, 0.5) is 11.4 Å². The van der Waals surface area contributed by atoms with Gasteiger partial charge >= 0.3 is 0 Å². The van der Waals surface area contributed by atoms with Gasteiger partial charge in [0.15, 0.2) is 0 Å². The van der Waals surface area contributed by atoms with E-state index in [1.54, 1.807) is 0 Å². The zero-order chi connectivity index (χ0) is 40.8. The molecule has 8 N–H and O–H groups in total. The minimum Gasteiger partial charge on any atom is -0.350 e. The van der Waals surface area contributed by atoms with Gasteiger partial charge in [0.05, 0.1) is 25.7 Å². The highest BCUT2D eigenvalue weighted by atomic mass is 32.2. The first kappa shape index (κ1) is 44.3. The lowest BCUT2D eigenvalue weighted by Gasteiger charge is -2.21. The number of carbonyl (C=O) groups excluding carboxylic acids is 4. The minimum atomic E-state index is -0.619. The zero-order valence-electron chi connectivity index (χ0n) is 32.8. The number of amides is 4. The molecule has 1 saturated heterocycles. The van der Waals surface area contributed by atoms with E-state index in [0.29, 0.717) is 44.0 Å². The molecule has 302 valence electrons. The third-order valence-corrected chi connectivity index (χ3v) is 10.0. The second-order valence-electron chi connectivity index (χ2n) is 13.6. The summed E-state index contributed by atoms with van der Waals surface area (Å²) in [4.78, 5) is 55.8. The highest BCUT2D eigenvalue weighted by molar-refractivity contribution is 7.96. The van der Waals surface area contributed by atoms with Crippen molar-refractivity contribution in [3.05, 3.63) is 131 Å². The van der Waals surface area contributed by atoms with Gasteiger partial charge in [0, 0.05) is 43.0 Å². The predicted molar refractivity (Wildman–Crippen MR) is 230 cm³/mol. The molecular weight excluding hydrogens is 739 g/mol. The molecule has 13 nitrogen and oxygen atoms in total. The van der Waals surface area contributed by atoms with Crippen LogP contribution in [0.25, 0.3) is 0 Å². The Kier molecular flexibility index (Phi) is 18.9. The minimum absolute atomic E-state index is 0.0470. The maximum absolute atomic E-state index is 13.3. The average Bonchev–Trinajstić information content (AvgIpc) is 3.45. The van der Waals surface area contributed by atoms with E-state index in [-0.39, 0.29) is 36.7 Å². The van der Waals surface area contributed by atoms with Crippen molar-refractivity contribution >= 4 is 53.2 Å². The van der Waals surface area contributed by atoms with Crippen LogP contribution >= 0.6 is 11.9 Å². The molecule has 4 aromatic rings. The summed E-state index contributed by atoms with van der Waals surface area (Å²) in [6.45, 7) is 5.65. The Bertz CT molecular complexity index is 1860. The topological polar surface area (TPSA) is 185 Å². The van der Waals surface area contributed by atoms with Crippen LogP contribution in [0.5, 0.6) is 0 Å². The van der Waals surface area contributed by atoms with Crippen LogP contribution in [-0.4, -0.2) is 98.5 Å². The first-order valence-electron chi connectivity index (χ1n) is 19.1. The molecule has 0 aliphatic carbocycles. The zero-order valence-corrected chi connectivity index (χ0v) is 33.6. The molecule has 1 heterocycles. The monoisotopic (exact) mass is 793 g/mol. The van der Waals surface area contributed by atoms with Gasteiger partial charge in [0.1, 0.15) is 0 Å². The number of anilines is 2. The summed E-state index contributed by atoms with van der Waals surface area (Å²) in [5.74, 6) is -0.110. The fourth-order valence-corrected chi connectivity index (χ4v) is 6.85. The fraction of sp³-hybridized carbons (Fsp3) is 0.326. The van der Waals surface area contributed by atoms with E-state index in [1.807, 2.05) is 110 Å². The van der Waals surface area contributed by atoms with E-state index >= 15 is 0 Å². The van der Waals surface area contributed by atoms with Crippen LogP contribution in [0.1, 0.15) is 34.2 Å². The molecule has 0 radical (unpaired) electrons. The average molecular weight is 794 g/mol. The Morgan fingerprint density at radius 3 is 1.84 bits per heavy atom. The molecule has 14 heteroatoms. The van der Waals surface area contributed by atoms with E-state index in [4.69, 9.17) is 5.41 Å². The molecule has 57 heavy (non-hydrogen) atoms. The van der Waals surface area contributed by atoms with Crippen LogP contribution in [0.3, 0.4) is 0 Å². The maximum Gasteiger partial charge on any atom is 0.239 e. The van der Waals surface area contributed by atoms with E-state index in [0.717, 1.165) is 53.0 Å². The lowest BCUT2D eigenvalue weighted by molar-refractivity contribution is -0.127. The summed E-state index contributed by atoms with van der Waals surface area (Å²) in [6.07, 6.45) is 2.49. The third kappa shape index (κ3) is 16.3. The number of aryl methyl sites for hydroxylation is 1. The summed E-state index contributed by atoms with van der Waals surface area (Å²) >= 11 is 1.43. The molecule has 0 saturated carbocycles. The number of hydrogen-bond donors (Lipinski definition) is 7. The molecule has 0 unspecified atom stereocenters. The van der Waals surface area contributed by atoms with Gasteiger partial charge in [-0.25, -0.2) is 0 Å². The number of nitrogens with two attached hydrogens (primary N) is 1. The number of nitrogens with one attached hydrogen (secondary N) is 6. The van der Waals surface area contributed by atoms with Crippen LogP contribution in [0, 0.1) is 12.3 Å². The van der Waals surface area contributed by atoms with E-state index in [9.17, 15) is 19.2 Å². The lowest BCUT2D eigenvalue weighted by Crippen LogP contribution is -2.46. The second kappa shape index (κ2) is 24.3. The van der Waals surface area contributed by atoms with Crippen molar-refractivity contribution in [2.75, 3.05) is 63.5 Å². The van der Waals surface area contributed by atoms with Gasteiger partial charge < -0.3 is 32.4 Å². The number of nitrogens with zero attached hydrogens (tertiary/aromatic N) is 2. The third-order valence-electron chi connectivity index (χ3n) is 9.11.